The first kappa shape index (κ1) is 16.0. The Morgan fingerprint density at radius 1 is 1.48 bits per heavy atom. The topological polar surface area (TPSA) is 68.5 Å². The van der Waals surface area contributed by atoms with Crippen molar-refractivity contribution in [2.75, 3.05) is 20.2 Å². The Kier molecular flexibility index (Phi) is 4.66. The minimum Gasteiger partial charge on any atom is -0.497 e. The zero-order valence-corrected chi connectivity index (χ0v) is 14.7. The van der Waals surface area contributed by atoms with Gasteiger partial charge in [0.2, 0.25) is 5.89 Å². The van der Waals surface area contributed by atoms with E-state index in [1.165, 1.54) is 0 Å². The van der Waals surface area contributed by atoms with Gasteiger partial charge in [0.15, 0.2) is 5.82 Å². The second-order valence-corrected chi connectivity index (χ2v) is 6.47. The number of methoxy groups -OCH3 is 1. The molecule has 2 aromatic rings. The number of ether oxygens (including phenoxy) is 1. The number of benzene rings is 1. The number of carbonyl (C=O) groups is 1. The van der Waals surface area contributed by atoms with Crippen LogP contribution in [0.15, 0.2) is 27.2 Å². The fraction of sp³-hybridized carbons (Fsp3) is 0.438. The first-order valence-corrected chi connectivity index (χ1v) is 8.31. The van der Waals surface area contributed by atoms with E-state index in [0.717, 1.165) is 23.9 Å². The number of amides is 1. The first-order valence-electron chi connectivity index (χ1n) is 7.51. The molecule has 6 nitrogen and oxygen atoms in total. The average molecular weight is 380 g/mol. The number of hydrogen-bond acceptors (Lipinski definition) is 5. The molecule has 1 atom stereocenters. The van der Waals surface area contributed by atoms with Crippen molar-refractivity contribution in [2.24, 2.45) is 0 Å². The van der Waals surface area contributed by atoms with Gasteiger partial charge in [-0.05, 0) is 53.9 Å². The fourth-order valence-electron chi connectivity index (χ4n) is 2.81. The first-order chi connectivity index (χ1) is 11.1. The highest BCUT2D eigenvalue weighted by Crippen LogP contribution is 2.29. The van der Waals surface area contributed by atoms with Crippen LogP contribution in [-0.2, 0) is 0 Å². The Labute approximate surface area is 142 Å². The quantitative estimate of drug-likeness (QED) is 0.818. The average Bonchev–Trinajstić information content (AvgIpc) is 3.01. The van der Waals surface area contributed by atoms with E-state index in [0.29, 0.717) is 29.6 Å². The van der Waals surface area contributed by atoms with Gasteiger partial charge in [0, 0.05) is 17.6 Å². The Morgan fingerprint density at radius 3 is 3.00 bits per heavy atom. The van der Waals surface area contributed by atoms with Crippen LogP contribution in [0.1, 0.15) is 40.8 Å². The van der Waals surface area contributed by atoms with Crippen LogP contribution in [0.2, 0.25) is 0 Å². The van der Waals surface area contributed by atoms with Crippen molar-refractivity contribution in [3.8, 4) is 5.75 Å². The zero-order chi connectivity index (χ0) is 16.4. The third kappa shape index (κ3) is 3.39. The molecule has 0 spiro atoms. The second kappa shape index (κ2) is 6.70. The van der Waals surface area contributed by atoms with E-state index in [2.05, 4.69) is 26.1 Å². The van der Waals surface area contributed by atoms with Crippen molar-refractivity contribution in [3.05, 3.63) is 40.0 Å². The van der Waals surface area contributed by atoms with Gasteiger partial charge in [0.25, 0.3) is 5.91 Å². The second-order valence-electron chi connectivity index (χ2n) is 5.62. The molecule has 122 valence electrons. The van der Waals surface area contributed by atoms with Crippen LogP contribution in [0, 0.1) is 6.92 Å². The van der Waals surface area contributed by atoms with Gasteiger partial charge in [0.1, 0.15) is 5.75 Å². The van der Waals surface area contributed by atoms with Crippen LogP contribution in [-0.4, -0.2) is 41.1 Å². The molecule has 0 bridgehead atoms. The molecule has 1 aliphatic heterocycles. The summed E-state index contributed by atoms with van der Waals surface area (Å²) in [4.78, 5) is 19.0. The molecule has 3 rings (SSSR count). The minimum absolute atomic E-state index is 0.0169. The van der Waals surface area contributed by atoms with E-state index in [1.54, 1.807) is 20.1 Å². The van der Waals surface area contributed by atoms with Crippen molar-refractivity contribution in [3.63, 3.8) is 0 Å². The molecule has 0 radical (unpaired) electrons. The zero-order valence-electron chi connectivity index (χ0n) is 13.1. The normalized spacial score (nSPS) is 18.0. The van der Waals surface area contributed by atoms with Gasteiger partial charge in [-0.2, -0.15) is 4.98 Å². The Morgan fingerprint density at radius 2 is 2.30 bits per heavy atom. The smallest absolute Gasteiger partial charge is 0.255 e. The molecule has 1 amide bonds. The highest BCUT2D eigenvalue weighted by atomic mass is 79.9. The molecule has 7 heteroatoms. The Bertz CT molecular complexity index is 716. The summed E-state index contributed by atoms with van der Waals surface area (Å²) in [5, 5.41) is 3.84. The number of piperidine rings is 1. The van der Waals surface area contributed by atoms with Crippen molar-refractivity contribution in [1.82, 2.24) is 15.0 Å². The van der Waals surface area contributed by atoms with Gasteiger partial charge in [-0.15, -0.1) is 0 Å². The molecular weight excluding hydrogens is 362 g/mol. The molecule has 2 heterocycles. The fourth-order valence-corrected chi connectivity index (χ4v) is 3.22. The van der Waals surface area contributed by atoms with Crippen LogP contribution in [0.5, 0.6) is 5.75 Å². The number of hydrogen-bond donors (Lipinski definition) is 0. The largest absolute Gasteiger partial charge is 0.497 e. The van der Waals surface area contributed by atoms with E-state index >= 15 is 0 Å². The molecule has 1 saturated heterocycles. The standard InChI is InChI=1S/C16H18BrN3O3/c1-10-18-15(23-19-10)11-4-3-7-20(9-11)16(21)13-8-12(22-2)5-6-14(13)17/h5-6,8,11H,3-4,7,9H2,1-2H3/t11-/m0/s1. The number of carbonyl (C=O) groups excluding carboxylic acids is 1. The number of nitrogens with zero attached hydrogens (tertiary/aromatic N) is 3. The van der Waals surface area contributed by atoms with Gasteiger partial charge in [0.05, 0.1) is 18.6 Å². The van der Waals surface area contributed by atoms with Crippen molar-refractivity contribution in [2.45, 2.75) is 25.7 Å². The third-order valence-electron chi connectivity index (χ3n) is 4.01. The summed E-state index contributed by atoms with van der Waals surface area (Å²) in [6.45, 7) is 3.11. The minimum atomic E-state index is -0.0169. The lowest BCUT2D eigenvalue weighted by molar-refractivity contribution is 0.0694. The summed E-state index contributed by atoms with van der Waals surface area (Å²) in [6.07, 6.45) is 1.87. The molecular formula is C16H18BrN3O3. The van der Waals surface area contributed by atoms with Crippen LogP contribution >= 0.6 is 15.9 Å². The van der Waals surface area contributed by atoms with Gasteiger partial charge >= 0.3 is 0 Å². The number of aromatic nitrogens is 2. The maximum absolute atomic E-state index is 12.8. The Balaban J connectivity index is 1.79. The number of rotatable bonds is 3. The lowest BCUT2D eigenvalue weighted by Crippen LogP contribution is -2.39. The summed E-state index contributed by atoms with van der Waals surface area (Å²) in [5.41, 5.74) is 0.603. The lowest BCUT2D eigenvalue weighted by Gasteiger charge is -2.31. The van der Waals surface area contributed by atoms with Gasteiger partial charge in [-0.3, -0.25) is 4.79 Å². The summed E-state index contributed by atoms with van der Waals surface area (Å²) in [5.74, 6) is 1.98. The van der Waals surface area contributed by atoms with Crippen LogP contribution in [0.25, 0.3) is 0 Å². The van der Waals surface area contributed by atoms with Crippen LogP contribution in [0.3, 0.4) is 0 Å². The van der Waals surface area contributed by atoms with Gasteiger partial charge < -0.3 is 14.2 Å². The monoisotopic (exact) mass is 379 g/mol. The molecule has 23 heavy (non-hydrogen) atoms. The predicted octanol–water partition coefficient (Wildman–Crippen LogP) is 3.17. The molecule has 1 aliphatic rings. The van der Waals surface area contributed by atoms with Gasteiger partial charge in [-0.1, -0.05) is 5.16 Å². The lowest BCUT2D eigenvalue weighted by atomic mass is 9.97. The molecule has 0 saturated carbocycles. The molecule has 1 fully saturated rings. The SMILES string of the molecule is COc1ccc(Br)c(C(=O)N2CCC[C@H](c3nc(C)no3)C2)c1. The van der Waals surface area contributed by atoms with E-state index in [-0.39, 0.29) is 11.8 Å². The maximum Gasteiger partial charge on any atom is 0.255 e. The molecule has 0 aliphatic carbocycles. The molecule has 0 unspecified atom stereocenters. The van der Waals surface area contributed by atoms with Crippen LogP contribution < -0.4 is 4.74 Å². The van der Waals surface area contributed by atoms with Gasteiger partial charge in [-0.25, -0.2) is 0 Å². The highest BCUT2D eigenvalue weighted by Gasteiger charge is 2.29. The molecule has 1 aromatic heterocycles. The van der Waals surface area contributed by atoms with E-state index < -0.39 is 0 Å². The van der Waals surface area contributed by atoms with E-state index in [4.69, 9.17) is 9.26 Å². The summed E-state index contributed by atoms with van der Waals surface area (Å²) in [7, 11) is 1.59. The summed E-state index contributed by atoms with van der Waals surface area (Å²) >= 11 is 3.45. The maximum atomic E-state index is 12.8. The summed E-state index contributed by atoms with van der Waals surface area (Å²) < 4.78 is 11.2. The predicted molar refractivity (Wildman–Crippen MR) is 87.6 cm³/mol. The highest BCUT2D eigenvalue weighted by molar-refractivity contribution is 9.10. The number of halogens is 1. The van der Waals surface area contributed by atoms with Crippen molar-refractivity contribution < 1.29 is 14.1 Å². The van der Waals surface area contributed by atoms with E-state index in [1.807, 2.05) is 17.0 Å². The molecule has 0 N–H and O–H groups in total. The Hall–Kier alpha value is -1.89. The van der Waals surface area contributed by atoms with Crippen molar-refractivity contribution in [1.29, 1.82) is 0 Å². The summed E-state index contributed by atoms with van der Waals surface area (Å²) in [6, 6.07) is 5.41. The van der Waals surface area contributed by atoms with Crippen LogP contribution in [0.4, 0.5) is 0 Å². The molecule has 1 aromatic carbocycles. The number of aryl methyl sites for hydroxylation is 1. The number of likely N-dealkylation sites (tertiary alicyclic amines) is 1. The van der Waals surface area contributed by atoms with Crippen molar-refractivity contribution >= 4 is 21.8 Å². The third-order valence-corrected chi connectivity index (χ3v) is 4.70. The van der Waals surface area contributed by atoms with E-state index in [9.17, 15) is 4.79 Å².